The maximum absolute atomic E-state index is 4.67. The Balaban J connectivity index is 1.68. The standard InChI is InChI=1S/C15H24BrN3/c1-3-12-15(16)14(19(4-2)18-12)9-17-13-8-10-5-6-11(13)7-10/h10-11,13,17H,3-9H2,1-2H3. The number of nitrogens with zero attached hydrogens (tertiary/aromatic N) is 2. The molecular weight excluding hydrogens is 302 g/mol. The van der Waals surface area contributed by atoms with Crippen LogP contribution in [-0.4, -0.2) is 15.8 Å². The van der Waals surface area contributed by atoms with Crippen molar-refractivity contribution in [3.8, 4) is 0 Å². The Morgan fingerprint density at radius 3 is 2.74 bits per heavy atom. The number of aryl methyl sites for hydroxylation is 2. The molecule has 3 nitrogen and oxygen atoms in total. The van der Waals surface area contributed by atoms with Gasteiger partial charge in [0.25, 0.3) is 0 Å². The number of halogens is 1. The molecule has 1 heterocycles. The molecule has 1 aromatic rings. The summed E-state index contributed by atoms with van der Waals surface area (Å²) in [6, 6.07) is 0.746. The molecule has 2 saturated carbocycles. The smallest absolute Gasteiger partial charge is 0.0767 e. The number of nitrogens with one attached hydrogen (secondary N) is 1. The summed E-state index contributed by atoms with van der Waals surface area (Å²) >= 11 is 3.73. The fraction of sp³-hybridized carbons (Fsp3) is 0.800. The lowest BCUT2D eigenvalue weighted by Crippen LogP contribution is -2.34. The Morgan fingerprint density at radius 1 is 1.32 bits per heavy atom. The first-order valence-electron chi connectivity index (χ1n) is 7.70. The minimum absolute atomic E-state index is 0.746. The maximum Gasteiger partial charge on any atom is 0.0767 e. The molecule has 2 aliphatic carbocycles. The lowest BCUT2D eigenvalue weighted by atomic mass is 9.95. The van der Waals surface area contributed by atoms with E-state index in [0.717, 1.165) is 37.4 Å². The third kappa shape index (κ3) is 2.49. The highest BCUT2D eigenvalue weighted by Gasteiger charge is 2.39. The Bertz CT molecular complexity index is 454. The Kier molecular flexibility index (Phi) is 3.99. The zero-order valence-electron chi connectivity index (χ0n) is 12.0. The van der Waals surface area contributed by atoms with Crippen LogP contribution in [0.3, 0.4) is 0 Å². The van der Waals surface area contributed by atoms with E-state index in [1.54, 1.807) is 0 Å². The number of hydrogen-bond acceptors (Lipinski definition) is 2. The molecule has 4 heteroatoms. The van der Waals surface area contributed by atoms with Crippen LogP contribution in [0.15, 0.2) is 4.47 Å². The summed E-state index contributed by atoms with van der Waals surface area (Å²) in [6.07, 6.45) is 6.76. The van der Waals surface area contributed by atoms with E-state index in [9.17, 15) is 0 Å². The number of rotatable bonds is 5. The monoisotopic (exact) mass is 325 g/mol. The zero-order chi connectivity index (χ0) is 13.4. The van der Waals surface area contributed by atoms with Gasteiger partial charge in [0.2, 0.25) is 0 Å². The van der Waals surface area contributed by atoms with Crippen LogP contribution in [0.5, 0.6) is 0 Å². The first-order valence-corrected chi connectivity index (χ1v) is 8.49. The molecule has 0 aliphatic heterocycles. The van der Waals surface area contributed by atoms with E-state index >= 15 is 0 Å². The van der Waals surface area contributed by atoms with Gasteiger partial charge in [-0.1, -0.05) is 13.3 Å². The first-order chi connectivity index (χ1) is 9.22. The van der Waals surface area contributed by atoms with E-state index in [4.69, 9.17) is 0 Å². The van der Waals surface area contributed by atoms with Gasteiger partial charge >= 0.3 is 0 Å². The van der Waals surface area contributed by atoms with Gasteiger partial charge in [-0.15, -0.1) is 0 Å². The van der Waals surface area contributed by atoms with Gasteiger partial charge < -0.3 is 5.32 Å². The van der Waals surface area contributed by atoms with Crippen LogP contribution >= 0.6 is 15.9 Å². The second kappa shape index (κ2) is 5.57. The molecule has 2 fully saturated rings. The highest BCUT2D eigenvalue weighted by molar-refractivity contribution is 9.10. The van der Waals surface area contributed by atoms with E-state index in [1.165, 1.54) is 41.5 Å². The van der Waals surface area contributed by atoms with Crippen molar-refractivity contribution >= 4 is 15.9 Å². The van der Waals surface area contributed by atoms with Crippen molar-refractivity contribution in [2.75, 3.05) is 0 Å². The van der Waals surface area contributed by atoms with Crippen LogP contribution in [-0.2, 0) is 19.5 Å². The second-order valence-corrected chi connectivity index (χ2v) is 6.83. The van der Waals surface area contributed by atoms with Gasteiger partial charge in [-0.25, -0.2) is 0 Å². The summed E-state index contributed by atoms with van der Waals surface area (Å²) in [4.78, 5) is 0. The lowest BCUT2D eigenvalue weighted by molar-refractivity contribution is 0.346. The van der Waals surface area contributed by atoms with Crippen LogP contribution in [0.1, 0.15) is 50.9 Å². The summed E-state index contributed by atoms with van der Waals surface area (Å²) < 4.78 is 3.36. The van der Waals surface area contributed by atoms with Crippen LogP contribution in [0.4, 0.5) is 0 Å². The molecular formula is C15H24BrN3. The van der Waals surface area contributed by atoms with Gasteiger partial charge in [-0.2, -0.15) is 5.10 Å². The van der Waals surface area contributed by atoms with Crippen molar-refractivity contribution in [2.45, 2.75) is 65.1 Å². The largest absolute Gasteiger partial charge is 0.308 e. The molecule has 19 heavy (non-hydrogen) atoms. The Labute approximate surface area is 124 Å². The van der Waals surface area contributed by atoms with Crippen LogP contribution in [0.2, 0.25) is 0 Å². The predicted octanol–water partition coefficient (Wildman–Crippen LogP) is 3.51. The highest BCUT2D eigenvalue weighted by atomic mass is 79.9. The molecule has 106 valence electrons. The topological polar surface area (TPSA) is 29.9 Å². The molecule has 0 amide bonds. The van der Waals surface area contributed by atoms with Crippen molar-refractivity contribution in [3.05, 3.63) is 15.9 Å². The molecule has 3 atom stereocenters. The van der Waals surface area contributed by atoms with Gasteiger partial charge in [0.1, 0.15) is 0 Å². The first kappa shape index (κ1) is 13.6. The molecule has 2 bridgehead atoms. The molecule has 0 spiro atoms. The van der Waals surface area contributed by atoms with Gasteiger partial charge in [0, 0.05) is 19.1 Å². The van der Waals surface area contributed by atoms with Gasteiger partial charge in [-0.3, -0.25) is 4.68 Å². The number of hydrogen-bond donors (Lipinski definition) is 1. The molecule has 0 aromatic carbocycles. The fourth-order valence-corrected chi connectivity index (χ4v) is 4.61. The molecule has 3 unspecified atom stereocenters. The summed E-state index contributed by atoms with van der Waals surface area (Å²) in [6.45, 7) is 6.24. The van der Waals surface area contributed by atoms with E-state index in [0.29, 0.717) is 0 Å². The van der Waals surface area contributed by atoms with E-state index in [2.05, 4.69) is 44.9 Å². The summed E-state index contributed by atoms with van der Waals surface area (Å²) in [5, 5.41) is 8.46. The third-order valence-electron chi connectivity index (χ3n) is 4.96. The number of fused-ring (bicyclic) bond motifs is 2. The summed E-state index contributed by atoms with van der Waals surface area (Å²) in [5.74, 6) is 1.95. The van der Waals surface area contributed by atoms with Gasteiger partial charge in [0.05, 0.1) is 15.9 Å². The summed E-state index contributed by atoms with van der Waals surface area (Å²) in [5.41, 5.74) is 2.51. The normalized spacial score (nSPS) is 29.3. The predicted molar refractivity (Wildman–Crippen MR) is 81.1 cm³/mol. The van der Waals surface area contributed by atoms with Crippen molar-refractivity contribution in [3.63, 3.8) is 0 Å². The average molecular weight is 326 g/mol. The molecule has 2 aliphatic rings. The van der Waals surface area contributed by atoms with Gasteiger partial charge in [0.15, 0.2) is 0 Å². The fourth-order valence-electron chi connectivity index (χ4n) is 3.91. The van der Waals surface area contributed by atoms with Crippen LogP contribution < -0.4 is 5.32 Å². The lowest BCUT2D eigenvalue weighted by Gasteiger charge is -2.23. The molecule has 3 rings (SSSR count). The van der Waals surface area contributed by atoms with E-state index < -0.39 is 0 Å². The zero-order valence-corrected chi connectivity index (χ0v) is 13.5. The highest BCUT2D eigenvalue weighted by Crippen LogP contribution is 2.44. The van der Waals surface area contributed by atoms with Crippen LogP contribution in [0, 0.1) is 11.8 Å². The van der Waals surface area contributed by atoms with Crippen molar-refractivity contribution in [2.24, 2.45) is 11.8 Å². The molecule has 1 N–H and O–H groups in total. The third-order valence-corrected chi connectivity index (χ3v) is 5.88. The quantitative estimate of drug-likeness (QED) is 0.897. The van der Waals surface area contributed by atoms with E-state index in [-0.39, 0.29) is 0 Å². The minimum atomic E-state index is 0.746. The van der Waals surface area contributed by atoms with Gasteiger partial charge in [-0.05, 0) is 60.4 Å². The number of aromatic nitrogens is 2. The summed E-state index contributed by atoms with van der Waals surface area (Å²) in [7, 11) is 0. The van der Waals surface area contributed by atoms with Crippen molar-refractivity contribution in [1.82, 2.24) is 15.1 Å². The van der Waals surface area contributed by atoms with Crippen molar-refractivity contribution < 1.29 is 0 Å². The average Bonchev–Trinajstić information content (AvgIpc) is 3.10. The molecule has 1 aromatic heterocycles. The SMILES string of the molecule is CCc1nn(CC)c(CNC2CC3CCC2C3)c1Br. The molecule has 0 saturated heterocycles. The molecule has 0 radical (unpaired) electrons. The second-order valence-electron chi connectivity index (χ2n) is 6.04. The minimum Gasteiger partial charge on any atom is -0.308 e. The van der Waals surface area contributed by atoms with Crippen molar-refractivity contribution in [1.29, 1.82) is 0 Å². The van der Waals surface area contributed by atoms with E-state index in [1.807, 2.05) is 0 Å². The maximum atomic E-state index is 4.67. The van der Waals surface area contributed by atoms with Crippen LogP contribution in [0.25, 0.3) is 0 Å². The Hall–Kier alpha value is -0.350. The Morgan fingerprint density at radius 2 is 2.16 bits per heavy atom.